The van der Waals surface area contributed by atoms with Gasteiger partial charge in [-0.25, -0.2) is 0 Å². The van der Waals surface area contributed by atoms with Gasteiger partial charge in [0.05, 0.1) is 0 Å². The van der Waals surface area contributed by atoms with Crippen LogP contribution in [0.25, 0.3) is 0 Å². The molecule has 0 saturated carbocycles. The fraction of sp³-hybridized carbons (Fsp3) is 0.111. The van der Waals surface area contributed by atoms with E-state index in [0.29, 0.717) is 5.56 Å². The van der Waals surface area contributed by atoms with Crippen LogP contribution in [0.4, 0.5) is 0 Å². The summed E-state index contributed by atoms with van der Waals surface area (Å²) in [6.45, 7) is -0.353. The smallest absolute Gasteiger partial charge is 1.00 e. The first-order valence-corrected chi connectivity index (χ1v) is 3.75. The van der Waals surface area contributed by atoms with Gasteiger partial charge in [0.1, 0.15) is 6.54 Å². The Bertz CT molecular complexity index is 318. The SMILES string of the molecule is O=C(O)CNC(=O)c1ccccc1.[H-].[Na+]. The predicted molar refractivity (Wildman–Crippen MR) is 47.5 cm³/mol. The van der Waals surface area contributed by atoms with E-state index in [4.69, 9.17) is 5.11 Å². The monoisotopic (exact) mass is 203 g/mol. The summed E-state index contributed by atoms with van der Waals surface area (Å²) in [5, 5.41) is 10.6. The molecule has 0 heterocycles. The Labute approximate surface area is 105 Å². The Kier molecular flexibility index (Phi) is 6.19. The van der Waals surface area contributed by atoms with Crippen molar-refractivity contribution in [3.63, 3.8) is 0 Å². The van der Waals surface area contributed by atoms with E-state index in [2.05, 4.69) is 5.32 Å². The molecule has 4 nitrogen and oxygen atoms in total. The molecule has 0 atom stereocenters. The molecule has 1 aromatic carbocycles. The minimum atomic E-state index is -1.05. The average Bonchev–Trinajstić information content (AvgIpc) is 2.15. The van der Waals surface area contributed by atoms with Crippen molar-refractivity contribution in [2.75, 3.05) is 6.54 Å². The number of hydrogen-bond donors (Lipinski definition) is 2. The third-order valence-corrected chi connectivity index (χ3v) is 1.44. The number of hydrogen-bond acceptors (Lipinski definition) is 2. The summed E-state index contributed by atoms with van der Waals surface area (Å²) in [6.07, 6.45) is 0. The van der Waals surface area contributed by atoms with Crippen LogP contribution in [0.1, 0.15) is 11.8 Å². The fourth-order valence-corrected chi connectivity index (χ4v) is 0.847. The second-order valence-electron chi connectivity index (χ2n) is 2.44. The maximum atomic E-state index is 11.2. The molecule has 0 radical (unpaired) electrons. The van der Waals surface area contributed by atoms with Crippen LogP contribution in [0, 0.1) is 0 Å². The van der Waals surface area contributed by atoms with Gasteiger partial charge in [0.2, 0.25) is 0 Å². The van der Waals surface area contributed by atoms with Crippen LogP contribution in [-0.4, -0.2) is 23.5 Å². The van der Waals surface area contributed by atoms with Gasteiger partial charge in [-0.05, 0) is 12.1 Å². The third-order valence-electron chi connectivity index (χ3n) is 1.44. The van der Waals surface area contributed by atoms with Gasteiger partial charge in [-0.15, -0.1) is 0 Å². The first-order chi connectivity index (χ1) is 6.20. The molecule has 2 N–H and O–H groups in total. The molecule has 0 aliphatic heterocycles. The van der Waals surface area contributed by atoms with Gasteiger partial charge < -0.3 is 11.8 Å². The molecular formula is C9H10NNaO3. The Morgan fingerprint density at radius 2 is 1.86 bits per heavy atom. The molecule has 0 fully saturated rings. The molecule has 0 aliphatic rings. The number of carboxylic acid groups (broad SMARTS) is 1. The summed E-state index contributed by atoms with van der Waals surface area (Å²) in [6, 6.07) is 8.47. The van der Waals surface area contributed by atoms with Crippen LogP contribution in [-0.2, 0) is 4.79 Å². The van der Waals surface area contributed by atoms with E-state index in [1.807, 2.05) is 0 Å². The molecule has 0 saturated heterocycles. The van der Waals surface area contributed by atoms with Gasteiger partial charge in [0.15, 0.2) is 0 Å². The van der Waals surface area contributed by atoms with Crippen molar-refractivity contribution in [1.29, 1.82) is 0 Å². The molecule has 0 spiro atoms. The zero-order valence-corrected chi connectivity index (χ0v) is 9.86. The maximum Gasteiger partial charge on any atom is 1.00 e. The van der Waals surface area contributed by atoms with E-state index >= 15 is 0 Å². The van der Waals surface area contributed by atoms with Gasteiger partial charge in [0.25, 0.3) is 5.91 Å². The van der Waals surface area contributed by atoms with E-state index in [9.17, 15) is 9.59 Å². The molecule has 1 aromatic rings. The number of aliphatic carboxylic acids is 1. The molecule has 14 heavy (non-hydrogen) atoms. The first-order valence-electron chi connectivity index (χ1n) is 3.75. The van der Waals surface area contributed by atoms with Crippen LogP contribution < -0.4 is 34.9 Å². The summed E-state index contributed by atoms with van der Waals surface area (Å²) >= 11 is 0. The molecule has 70 valence electrons. The Balaban J connectivity index is 0. The van der Waals surface area contributed by atoms with Crippen LogP contribution in [0.2, 0.25) is 0 Å². The van der Waals surface area contributed by atoms with Gasteiger partial charge in [-0.1, -0.05) is 18.2 Å². The number of carbonyl (C=O) groups is 2. The van der Waals surface area contributed by atoms with Crippen molar-refractivity contribution < 1.29 is 45.7 Å². The summed E-state index contributed by atoms with van der Waals surface area (Å²) < 4.78 is 0. The second kappa shape index (κ2) is 6.59. The molecule has 0 bridgehead atoms. The van der Waals surface area contributed by atoms with Crippen LogP contribution in [0.15, 0.2) is 30.3 Å². The first kappa shape index (κ1) is 13.2. The normalized spacial score (nSPS) is 8.57. The Hall–Kier alpha value is -0.840. The zero-order valence-electron chi connectivity index (χ0n) is 8.86. The average molecular weight is 203 g/mol. The van der Waals surface area contributed by atoms with Crippen LogP contribution in [0.5, 0.6) is 0 Å². The minimum absolute atomic E-state index is 0. The molecule has 5 heteroatoms. The third kappa shape index (κ3) is 4.41. The number of nitrogens with one attached hydrogen (secondary N) is 1. The van der Waals surface area contributed by atoms with Gasteiger partial charge >= 0.3 is 35.5 Å². The van der Waals surface area contributed by atoms with Gasteiger partial charge in [0, 0.05) is 5.56 Å². The molecule has 1 amide bonds. The van der Waals surface area contributed by atoms with Crippen molar-refractivity contribution in [3.05, 3.63) is 35.9 Å². The Morgan fingerprint density at radius 3 is 2.36 bits per heavy atom. The standard InChI is InChI=1S/C9H9NO3.Na.H/c11-8(12)6-10-9(13)7-4-2-1-3-5-7;;/h1-5H,6H2,(H,10,13)(H,11,12);;/q;+1;-1. The van der Waals surface area contributed by atoms with Crippen molar-refractivity contribution in [2.24, 2.45) is 0 Å². The largest absolute Gasteiger partial charge is 1.00 e. The topological polar surface area (TPSA) is 66.4 Å². The van der Waals surface area contributed by atoms with E-state index in [0.717, 1.165) is 0 Å². The summed E-state index contributed by atoms with van der Waals surface area (Å²) in [4.78, 5) is 21.3. The fourth-order valence-electron chi connectivity index (χ4n) is 0.847. The number of benzene rings is 1. The predicted octanol–water partition coefficient (Wildman–Crippen LogP) is -2.38. The molecule has 0 aliphatic carbocycles. The summed E-state index contributed by atoms with van der Waals surface area (Å²) in [7, 11) is 0. The summed E-state index contributed by atoms with van der Waals surface area (Å²) in [5.74, 6) is -1.42. The Morgan fingerprint density at radius 1 is 1.29 bits per heavy atom. The molecule has 0 unspecified atom stereocenters. The number of carbonyl (C=O) groups excluding carboxylic acids is 1. The molecule has 0 aromatic heterocycles. The van der Waals surface area contributed by atoms with Crippen molar-refractivity contribution in [2.45, 2.75) is 0 Å². The number of carboxylic acids is 1. The summed E-state index contributed by atoms with van der Waals surface area (Å²) in [5.41, 5.74) is 0.462. The van der Waals surface area contributed by atoms with E-state index in [1.165, 1.54) is 0 Å². The molecule has 1 rings (SSSR count). The van der Waals surface area contributed by atoms with E-state index < -0.39 is 5.97 Å². The quantitative estimate of drug-likeness (QED) is 0.539. The second-order valence-corrected chi connectivity index (χ2v) is 2.44. The van der Waals surface area contributed by atoms with E-state index in [-0.39, 0.29) is 43.4 Å². The zero-order chi connectivity index (χ0) is 9.68. The van der Waals surface area contributed by atoms with Gasteiger partial charge in [-0.2, -0.15) is 0 Å². The molecular weight excluding hydrogens is 193 g/mol. The van der Waals surface area contributed by atoms with Crippen LogP contribution in [0.3, 0.4) is 0 Å². The number of rotatable bonds is 3. The van der Waals surface area contributed by atoms with E-state index in [1.54, 1.807) is 30.3 Å². The minimum Gasteiger partial charge on any atom is -1.00 e. The van der Waals surface area contributed by atoms with Gasteiger partial charge in [-0.3, -0.25) is 9.59 Å². The van der Waals surface area contributed by atoms with Crippen molar-refractivity contribution in [3.8, 4) is 0 Å². The number of amides is 1. The van der Waals surface area contributed by atoms with Crippen molar-refractivity contribution >= 4 is 11.9 Å². The maximum absolute atomic E-state index is 11.2. The van der Waals surface area contributed by atoms with Crippen molar-refractivity contribution in [1.82, 2.24) is 5.32 Å². The van der Waals surface area contributed by atoms with Crippen LogP contribution >= 0.6 is 0 Å².